The predicted molar refractivity (Wildman–Crippen MR) is 70.1 cm³/mol. The van der Waals surface area contributed by atoms with Crippen molar-refractivity contribution in [2.24, 2.45) is 0 Å². The van der Waals surface area contributed by atoms with Crippen LogP contribution in [0.4, 0.5) is 0 Å². The molecule has 0 spiro atoms. The number of benzene rings is 2. The number of rotatable bonds is 2. The van der Waals surface area contributed by atoms with Crippen LogP contribution in [-0.2, 0) is 0 Å². The first kappa shape index (κ1) is 11.7. The summed E-state index contributed by atoms with van der Waals surface area (Å²) in [5.41, 5.74) is 1.64. The molecule has 2 aromatic carbocycles. The molecule has 0 bridgehead atoms. The van der Waals surface area contributed by atoms with Gasteiger partial charge in [0.15, 0.2) is 0 Å². The minimum atomic E-state index is 0.515. The van der Waals surface area contributed by atoms with Gasteiger partial charge in [0.1, 0.15) is 17.6 Å². The Hall–Kier alpha value is -1.79. The fourth-order valence-electron chi connectivity index (χ4n) is 1.48. The Morgan fingerprint density at radius 3 is 2.71 bits per heavy atom. The predicted octanol–water partition coefficient (Wildman–Crippen LogP) is 4.42. The lowest BCUT2D eigenvalue weighted by Gasteiger charge is -2.08. The van der Waals surface area contributed by atoms with Gasteiger partial charge in [-0.2, -0.15) is 5.26 Å². The van der Waals surface area contributed by atoms with Crippen molar-refractivity contribution < 1.29 is 4.74 Å². The van der Waals surface area contributed by atoms with Crippen LogP contribution >= 0.6 is 15.9 Å². The van der Waals surface area contributed by atoms with E-state index in [1.807, 2.05) is 37.3 Å². The third-order valence-corrected chi connectivity index (χ3v) is 2.77. The SMILES string of the molecule is Cc1cccc(Oc2ccc(Br)cc2C#N)c1. The summed E-state index contributed by atoms with van der Waals surface area (Å²) in [4.78, 5) is 0. The Balaban J connectivity index is 2.34. The van der Waals surface area contributed by atoms with Crippen molar-refractivity contribution in [3.05, 3.63) is 58.1 Å². The summed E-state index contributed by atoms with van der Waals surface area (Å²) in [7, 11) is 0. The summed E-state index contributed by atoms with van der Waals surface area (Å²) in [5, 5.41) is 9.02. The van der Waals surface area contributed by atoms with Crippen LogP contribution in [-0.4, -0.2) is 0 Å². The van der Waals surface area contributed by atoms with E-state index in [1.165, 1.54) is 0 Å². The molecule has 0 amide bonds. The molecular formula is C14H10BrNO. The molecule has 0 N–H and O–H groups in total. The monoisotopic (exact) mass is 287 g/mol. The van der Waals surface area contributed by atoms with E-state index in [4.69, 9.17) is 10.00 Å². The highest BCUT2D eigenvalue weighted by atomic mass is 79.9. The van der Waals surface area contributed by atoms with Crippen molar-refractivity contribution in [2.45, 2.75) is 6.92 Å². The minimum Gasteiger partial charge on any atom is -0.456 e. The Bertz CT molecular complexity index is 587. The molecule has 3 heteroatoms. The molecule has 0 aliphatic heterocycles. The minimum absolute atomic E-state index is 0.515. The Labute approximate surface area is 109 Å². The number of hydrogen-bond acceptors (Lipinski definition) is 2. The smallest absolute Gasteiger partial charge is 0.145 e. The molecule has 2 rings (SSSR count). The lowest BCUT2D eigenvalue weighted by atomic mass is 10.2. The van der Waals surface area contributed by atoms with Crippen molar-refractivity contribution in [2.75, 3.05) is 0 Å². The third-order valence-electron chi connectivity index (χ3n) is 2.28. The molecule has 0 unspecified atom stereocenters. The average molecular weight is 288 g/mol. The van der Waals surface area contributed by atoms with Crippen LogP contribution in [0, 0.1) is 18.3 Å². The first-order valence-corrected chi connectivity index (χ1v) is 5.92. The second-order valence-electron chi connectivity index (χ2n) is 3.67. The van der Waals surface area contributed by atoms with Crippen molar-refractivity contribution in [3.63, 3.8) is 0 Å². The van der Waals surface area contributed by atoms with Crippen LogP contribution < -0.4 is 4.74 Å². The summed E-state index contributed by atoms with van der Waals surface area (Å²) >= 11 is 3.33. The lowest BCUT2D eigenvalue weighted by Crippen LogP contribution is -1.88. The van der Waals surface area contributed by atoms with Gasteiger partial charge in [0.05, 0.1) is 5.56 Å². The first-order valence-electron chi connectivity index (χ1n) is 5.13. The molecule has 0 aliphatic rings. The van der Waals surface area contributed by atoms with E-state index in [0.29, 0.717) is 11.3 Å². The van der Waals surface area contributed by atoms with Crippen LogP contribution in [0.5, 0.6) is 11.5 Å². The van der Waals surface area contributed by atoms with Crippen molar-refractivity contribution in [3.8, 4) is 17.6 Å². The zero-order valence-corrected chi connectivity index (χ0v) is 10.9. The maximum Gasteiger partial charge on any atom is 0.145 e. The lowest BCUT2D eigenvalue weighted by molar-refractivity contribution is 0.480. The molecule has 0 atom stereocenters. The van der Waals surface area contributed by atoms with Crippen LogP contribution in [0.15, 0.2) is 46.9 Å². The fourth-order valence-corrected chi connectivity index (χ4v) is 1.85. The number of hydrogen-bond donors (Lipinski definition) is 0. The van der Waals surface area contributed by atoms with E-state index in [1.54, 1.807) is 12.1 Å². The molecule has 2 aromatic rings. The van der Waals surface area contributed by atoms with Crippen molar-refractivity contribution in [1.29, 1.82) is 5.26 Å². The highest BCUT2D eigenvalue weighted by Gasteiger charge is 2.05. The van der Waals surface area contributed by atoms with Gasteiger partial charge in [0, 0.05) is 4.47 Å². The second-order valence-corrected chi connectivity index (χ2v) is 4.59. The van der Waals surface area contributed by atoms with E-state index >= 15 is 0 Å². The molecular weight excluding hydrogens is 278 g/mol. The molecule has 0 saturated carbocycles. The van der Waals surface area contributed by atoms with Gasteiger partial charge in [-0.05, 0) is 42.8 Å². The van der Waals surface area contributed by atoms with Gasteiger partial charge in [0.2, 0.25) is 0 Å². The van der Waals surface area contributed by atoms with Gasteiger partial charge in [-0.25, -0.2) is 0 Å². The van der Waals surface area contributed by atoms with Gasteiger partial charge in [-0.15, -0.1) is 0 Å². The Morgan fingerprint density at radius 1 is 1.18 bits per heavy atom. The summed E-state index contributed by atoms with van der Waals surface area (Å²) < 4.78 is 6.56. The third kappa shape index (κ3) is 2.86. The van der Waals surface area contributed by atoms with Crippen LogP contribution in [0.2, 0.25) is 0 Å². The molecule has 0 saturated heterocycles. The maximum atomic E-state index is 9.02. The molecule has 0 aliphatic carbocycles. The van der Waals surface area contributed by atoms with Gasteiger partial charge < -0.3 is 4.74 Å². The molecule has 0 radical (unpaired) electrons. The Morgan fingerprint density at radius 2 is 2.00 bits per heavy atom. The van der Waals surface area contributed by atoms with E-state index in [9.17, 15) is 0 Å². The highest BCUT2D eigenvalue weighted by Crippen LogP contribution is 2.27. The van der Waals surface area contributed by atoms with E-state index < -0.39 is 0 Å². The largest absolute Gasteiger partial charge is 0.456 e. The number of nitrogens with zero attached hydrogens (tertiary/aromatic N) is 1. The number of ether oxygens (including phenoxy) is 1. The molecule has 0 heterocycles. The van der Waals surface area contributed by atoms with Crippen LogP contribution in [0.25, 0.3) is 0 Å². The van der Waals surface area contributed by atoms with Gasteiger partial charge in [0.25, 0.3) is 0 Å². The molecule has 84 valence electrons. The van der Waals surface area contributed by atoms with Crippen LogP contribution in [0.1, 0.15) is 11.1 Å². The summed E-state index contributed by atoms with van der Waals surface area (Å²) in [5.74, 6) is 1.31. The molecule has 2 nitrogen and oxygen atoms in total. The highest BCUT2D eigenvalue weighted by molar-refractivity contribution is 9.10. The second kappa shape index (κ2) is 5.03. The van der Waals surface area contributed by atoms with Gasteiger partial charge >= 0.3 is 0 Å². The molecule has 0 fully saturated rings. The van der Waals surface area contributed by atoms with Gasteiger partial charge in [-0.3, -0.25) is 0 Å². The normalized spacial score (nSPS) is 9.71. The summed E-state index contributed by atoms with van der Waals surface area (Å²) in [6, 6.07) is 15.2. The zero-order chi connectivity index (χ0) is 12.3. The van der Waals surface area contributed by atoms with Gasteiger partial charge in [-0.1, -0.05) is 28.1 Å². The summed E-state index contributed by atoms with van der Waals surface area (Å²) in [6.45, 7) is 2.00. The van der Waals surface area contributed by atoms with Crippen molar-refractivity contribution in [1.82, 2.24) is 0 Å². The van der Waals surface area contributed by atoms with E-state index in [2.05, 4.69) is 22.0 Å². The number of nitriles is 1. The molecule has 0 aromatic heterocycles. The van der Waals surface area contributed by atoms with Crippen LogP contribution in [0.3, 0.4) is 0 Å². The topological polar surface area (TPSA) is 33.0 Å². The number of aryl methyl sites for hydroxylation is 1. The quantitative estimate of drug-likeness (QED) is 0.819. The average Bonchev–Trinajstić information content (AvgIpc) is 2.31. The zero-order valence-electron chi connectivity index (χ0n) is 9.27. The number of halogens is 1. The standard InChI is InChI=1S/C14H10BrNO/c1-10-3-2-4-13(7-10)17-14-6-5-12(15)8-11(14)9-16/h2-8H,1H3. The summed E-state index contributed by atoms with van der Waals surface area (Å²) in [6.07, 6.45) is 0. The van der Waals surface area contributed by atoms with Crippen molar-refractivity contribution >= 4 is 15.9 Å². The van der Waals surface area contributed by atoms with E-state index in [0.717, 1.165) is 15.8 Å². The van der Waals surface area contributed by atoms with E-state index in [-0.39, 0.29) is 0 Å². The fraction of sp³-hybridized carbons (Fsp3) is 0.0714. The molecule has 17 heavy (non-hydrogen) atoms. The maximum absolute atomic E-state index is 9.02. The Kier molecular flexibility index (Phi) is 3.46. The first-order chi connectivity index (χ1) is 8.19.